The van der Waals surface area contributed by atoms with Crippen molar-refractivity contribution < 1.29 is 9.85 Å². The van der Waals surface area contributed by atoms with Crippen LogP contribution in [0.5, 0.6) is 0 Å². The molecule has 0 radical (unpaired) electrons. The van der Waals surface area contributed by atoms with Gasteiger partial charge in [-0.3, -0.25) is 20.2 Å². The predicted molar refractivity (Wildman–Crippen MR) is 67.9 cm³/mol. The minimum absolute atomic E-state index is 0.0591. The number of hydrogen-bond acceptors (Lipinski definition) is 5. The summed E-state index contributed by atoms with van der Waals surface area (Å²) in [4.78, 5) is 20.4. The third-order valence-corrected chi connectivity index (χ3v) is 2.71. The summed E-state index contributed by atoms with van der Waals surface area (Å²) in [6.45, 7) is 5.46. The average Bonchev–Trinajstić information content (AvgIpc) is 2.30. The van der Waals surface area contributed by atoms with Crippen molar-refractivity contribution in [1.29, 1.82) is 0 Å². The van der Waals surface area contributed by atoms with E-state index >= 15 is 0 Å². The molecule has 0 amide bonds. The zero-order valence-corrected chi connectivity index (χ0v) is 10.5. The normalized spacial score (nSPS) is 11.9. The van der Waals surface area contributed by atoms with E-state index in [9.17, 15) is 20.2 Å². The molecule has 0 spiro atoms. The maximum absolute atomic E-state index is 11.0. The van der Waals surface area contributed by atoms with Crippen LogP contribution in [0.1, 0.15) is 25.8 Å². The molecular formula is C11H15N3O4. The summed E-state index contributed by atoms with van der Waals surface area (Å²) in [6, 6.07) is 2.37. The van der Waals surface area contributed by atoms with E-state index in [2.05, 4.69) is 5.32 Å². The van der Waals surface area contributed by atoms with Crippen molar-refractivity contribution in [3.8, 4) is 0 Å². The second kappa shape index (κ2) is 5.44. The van der Waals surface area contributed by atoms with Crippen LogP contribution in [0.15, 0.2) is 12.1 Å². The van der Waals surface area contributed by atoms with Crippen molar-refractivity contribution in [2.75, 3.05) is 5.32 Å². The predicted octanol–water partition coefficient (Wildman–Crippen LogP) is 3.02. The van der Waals surface area contributed by atoms with E-state index < -0.39 is 9.85 Å². The molecule has 0 aliphatic heterocycles. The zero-order chi connectivity index (χ0) is 13.9. The first-order chi connectivity index (χ1) is 8.36. The molecule has 1 unspecified atom stereocenters. The quantitative estimate of drug-likeness (QED) is 0.642. The molecule has 0 aromatic heterocycles. The molecule has 1 aromatic carbocycles. The van der Waals surface area contributed by atoms with Gasteiger partial charge in [0.15, 0.2) is 0 Å². The van der Waals surface area contributed by atoms with E-state index in [1.807, 2.05) is 13.8 Å². The lowest BCUT2D eigenvalue weighted by Crippen LogP contribution is -2.15. The molecule has 0 heterocycles. The highest BCUT2D eigenvalue weighted by molar-refractivity contribution is 5.70. The largest absolute Gasteiger partial charge is 0.377 e. The number of hydrogen-bond donors (Lipinski definition) is 1. The molecule has 0 aliphatic carbocycles. The van der Waals surface area contributed by atoms with E-state index in [1.54, 1.807) is 6.92 Å². The molecule has 1 aromatic rings. The number of benzene rings is 1. The number of anilines is 1. The number of nitro benzene ring substituents is 2. The Hall–Kier alpha value is -2.18. The van der Waals surface area contributed by atoms with Crippen LogP contribution in [0, 0.1) is 27.2 Å². The monoisotopic (exact) mass is 253 g/mol. The van der Waals surface area contributed by atoms with Gasteiger partial charge in [-0.1, -0.05) is 6.92 Å². The molecule has 0 saturated carbocycles. The third kappa shape index (κ3) is 2.93. The van der Waals surface area contributed by atoms with Gasteiger partial charge in [0, 0.05) is 12.1 Å². The van der Waals surface area contributed by atoms with Crippen LogP contribution < -0.4 is 5.32 Å². The van der Waals surface area contributed by atoms with E-state index in [1.165, 1.54) is 6.07 Å². The standard InChI is InChI=1S/C11H15N3O4/c1-4-8(3)12-11-7(2)5-9(13(15)16)6-10(11)14(17)18/h5-6,8,12H,4H2,1-3H3. The van der Waals surface area contributed by atoms with Crippen LogP contribution in [0.3, 0.4) is 0 Å². The van der Waals surface area contributed by atoms with Crippen molar-refractivity contribution in [2.24, 2.45) is 0 Å². The van der Waals surface area contributed by atoms with E-state index in [-0.39, 0.29) is 17.4 Å². The van der Waals surface area contributed by atoms with Crippen molar-refractivity contribution in [2.45, 2.75) is 33.2 Å². The lowest BCUT2D eigenvalue weighted by atomic mass is 10.1. The molecule has 1 N–H and O–H groups in total. The SMILES string of the molecule is CCC(C)Nc1c(C)cc([N+](=O)[O-])cc1[N+](=O)[O-]. The number of aryl methyl sites for hydroxylation is 1. The Kier molecular flexibility index (Phi) is 4.19. The highest BCUT2D eigenvalue weighted by atomic mass is 16.6. The summed E-state index contributed by atoms with van der Waals surface area (Å²) in [5.74, 6) is 0. The van der Waals surface area contributed by atoms with E-state index in [0.717, 1.165) is 12.5 Å². The summed E-state index contributed by atoms with van der Waals surface area (Å²) in [7, 11) is 0. The van der Waals surface area contributed by atoms with Crippen LogP contribution in [0.2, 0.25) is 0 Å². The lowest BCUT2D eigenvalue weighted by molar-refractivity contribution is -0.393. The van der Waals surface area contributed by atoms with Gasteiger partial charge in [0.05, 0.1) is 15.9 Å². The Morgan fingerprint density at radius 3 is 2.33 bits per heavy atom. The first kappa shape index (κ1) is 13.9. The van der Waals surface area contributed by atoms with E-state index in [4.69, 9.17) is 0 Å². The molecule has 98 valence electrons. The van der Waals surface area contributed by atoms with Gasteiger partial charge in [-0.05, 0) is 25.8 Å². The molecule has 0 bridgehead atoms. The zero-order valence-electron chi connectivity index (χ0n) is 10.5. The number of nitrogens with zero attached hydrogens (tertiary/aromatic N) is 2. The fourth-order valence-electron chi connectivity index (χ4n) is 1.54. The summed E-state index contributed by atoms with van der Waals surface area (Å²) in [5, 5.41) is 24.7. The average molecular weight is 253 g/mol. The minimum Gasteiger partial charge on any atom is -0.377 e. The van der Waals surface area contributed by atoms with Crippen LogP contribution in [0.25, 0.3) is 0 Å². The molecule has 0 saturated heterocycles. The Labute approximate surface area is 104 Å². The number of rotatable bonds is 5. The molecule has 7 nitrogen and oxygen atoms in total. The van der Waals surface area contributed by atoms with Gasteiger partial charge in [0.1, 0.15) is 5.69 Å². The van der Waals surface area contributed by atoms with Gasteiger partial charge in [0.25, 0.3) is 11.4 Å². The van der Waals surface area contributed by atoms with Crippen LogP contribution in [0.4, 0.5) is 17.1 Å². The Balaban J connectivity index is 3.31. The maximum Gasteiger partial charge on any atom is 0.299 e. The highest BCUT2D eigenvalue weighted by Crippen LogP contribution is 2.33. The summed E-state index contributed by atoms with van der Waals surface area (Å²) in [5.41, 5.74) is 0.312. The molecule has 0 fully saturated rings. The third-order valence-electron chi connectivity index (χ3n) is 2.71. The molecule has 7 heteroatoms. The van der Waals surface area contributed by atoms with Gasteiger partial charge in [-0.25, -0.2) is 0 Å². The first-order valence-corrected chi connectivity index (χ1v) is 5.56. The Morgan fingerprint density at radius 2 is 1.89 bits per heavy atom. The molecule has 18 heavy (non-hydrogen) atoms. The number of non-ortho nitro benzene ring substituents is 1. The van der Waals surface area contributed by atoms with Gasteiger partial charge in [-0.2, -0.15) is 0 Å². The topological polar surface area (TPSA) is 98.3 Å². The van der Waals surface area contributed by atoms with E-state index in [0.29, 0.717) is 11.3 Å². The van der Waals surface area contributed by atoms with Gasteiger partial charge in [-0.15, -0.1) is 0 Å². The number of nitrogens with one attached hydrogen (secondary N) is 1. The second-order valence-electron chi connectivity index (χ2n) is 4.12. The van der Waals surface area contributed by atoms with Crippen molar-refractivity contribution in [1.82, 2.24) is 0 Å². The second-order valence-corrected chi connectivity index (χ2v) is 4.12. The highest BCUT2D eigenvalue weighted by Gasteiger charge is 2.22. The Bertz CT molecular complexity index is 487. The first-order valence-electron chi connectivity index (χ1n) is 5.56. The fourth-order valence-corrected chi connectivity index (χ4v) is 1.54. The fraction of sp³-hybridized carbons (Fsp3) is 0.455. The molecule has 1 atom stereocenters. The van der Waals surface area contributed by atoms with Crippen molar-refractivity contribution in [3.05, 3.63) is 37.9 Å². The summed E-state index contributed by atoms with van der Waals surface area (Å²) >= 11 is 0. The molecule has 0 aliphatic rings. The van der Waals surface area contributed by atoms with Crippen molar-refractivity contribution >= 4 is 17.1 Å². The minimum atomic E-state index is -0.632. The molecular weight excluding hydrogens is 238 g/mol. The van der Waals surface area contributed by atoms with Gasteiger partial charge < -0.3 is 5.32 Å². The van der Waals surface area contributed by atoms with Gasteiger partial charge >= 0.3 is 0 Å². The summed E-state index contributed by atoms with van der Waals surface area (Å²) in [6.07, 6.45) is 0.799. The Morgan fingerprint density at radius 1 is 1.28 bits per heavy atom. The smallest absolute Gasteiger partial charge is 0.299 e. The lowest BCUT2D eigenvalue weighted by Gasteiger charge is -2.15. The van der Waals surface area contributed by atoms with Crippen molar-refractivity contribution in [3.63, 3.8) is 0 Å². The molecule has 1 rings (SSSR count). The van der Waals surface area contributed by atoms with Crippen LogP contribution in [-0.2, 0) is 0 Å². The number of nitro groups is 2. The van der Waals surface area contributed by atoms with Crippen LogP contribution >= 0.6 is 0 Å². The summed E-state index contributed by atoms with van der Waals surface area (Å²) < 4.78 is 0. The maximum atomic E-state index is 11.0. The van der Waals surface area contributed by atoms with Crippen LogP contribution in [-0.4, -0.2) is 15.9 Å². The van der Waals surface area contributed by atoms with Gasteiger partial charge in [0.2, 0.25) is 0 Å².